The number of rotatable bonds is 8. The lowest BCUT2D eigenvalue weighted by atomic mass is 9.95. The molecular formula is C19H29N. The van der Waals surface area contributed by atoms with Crippen LogP contribution in [0, 0.1) is 0 Å². The summed E-state index contributed by atoms with van der Waals surface area (Å²) in [6.45, 7) is 4.19. The number of unbranched alkanes of at least 4 members (excludes halogenated alkanes) is 2. The van der Waals surface area contributed by atoms with Crippen molar-refractivity contribution in [2.75, 3.05) is 0 Å². The zero-order valence-corrected chi connectivity index (χ0v) is 12.7. The maximum atomic E-state index is 4.19. The van der Waals surface area contributed by atoms with Crippen LogP contribution >= 0.6 is 0 Å². The van der Waals surface area contributed by atoms with E-state index in [2.05, 4.69) is 42.2 Å². The molecule has 0 spiro atoms. The number of aryl methyl sites for hydroxylation is 1. The Kier molecular flexibility index (Phi) is 6.70. The minimum atomic E-state index is 0.709. The molecule has 0 atom stereocenters. The highest BCUT2D eigenvalue weighted by molar-refractivity contribution is 5.14. The van der Waals surface area contributed by atoms with Crippen LogP contribution in [0.4, 0.5) is 0 Å². The third kappa shape index (κ3) is 5.81. The molecule has 2 rings (SSSR count). The van der Waals surface area contributed by atoms with Gasteiger partial charge in [-0.15, -0.1) is 0 Å². The first kappa shape index (κ1) is 15.2. The van der Waals surface area contributed by atoms with Gasteiger partial charge in [0.1, 0.15) is 0 Å². The molecule has 1 saturated carbocycles. The summed E-state index contributed by atoms with van der Waals surface area (Å²) >= 11 is 0. The molecule has 1 aliphatic rings. The summed E-state index contributed by atoms with van der Waals surface area (Å²) in [5.74, 6) is 0. The summed E-state index contributed by atoms with van der Waals surface area (Å²) in [5, 5.41) is 3.63. The van der Waals surface area contributed by atoms with Crippen molar-refractivity contribution in [3.63, 3.8) is 0 Å². The van der Waals surface area contributed by atoms with Crippen molar-refractivity contribution in [1.82, 2.24) is 5.32 Å². The molecule has 0 aliphatic heterocycles. The Balaban J connectivity index is 1.51. The predicted octanol–water partition coefficient (Wildman–Crippen LogP) is 5.23. The Morgan fingerprint density at radius 1 is 1.00 bits per heavy atom. The first-order valence-electron chi connectivity index (χ1n) is 8.33. The van der Waals surface area contributed by atoms with Gasteiger partial charge in [-0.05, 0) is 44.1 Å². The van der Waals surface area contributed by atoms with Gasteiger partial charge >= 0.3 is 0 Å². The molecule has 0 radical (unpaired) electrons. The number of nitrogens with one attached hydrogen (secondary N) is 1. The summed E-state index contributed by atoms with van der Waals surface area (Å²) in [7, 11) is 0. The number of hydrogen-bond acceptors (Lipinski definition) is 1. The fourth-order valence-electron chi connectivity index (χ4n) is 3.10. The molecule has 1 heteroatoms. The zero-order valence-electron chi connectivity index (χ0n) is 12.7. The van der Waals surface area contributed by atoms with Crippen molar-refractivity contribution in [3.05, 3.63) is 48.2 Å². The Labute approximate surface area is 124 Å². The second kappa shape index (κ2) is 8.84. The Morgan fingerprint density at radius 3 is 2.50 bits per heavy atom. The van der Waals surface area contributed by atoms with E-state index in [1.54, 1.807) is 0 Å². The van der Waals surface area contributed by atoms with E-state index in [-0.39, 0.29) is 0 Å². The molecule has 1 fully saturated rings. The lowest BCUT2D eigenvalue weighted by Crippen LogP contribution is -2.29. The average molecular weight is 271 g/mol. The van der Waals surface area contributed by atoms with Gasteiger partial charge in [-0.25, -0.2) is 0 Å². The van der Waals surface area contributed by atoms with Crippen LogP contribution in [0.15, 0.2) is 42.6 Å². The lowest BCUT2D eigenvalue weighted by Gasteiger charge is -2.24. The largest absolute Gasteiger partial charge is 0.386 e. The maximum Gasteiger partial charge on any atom is 0.0258 e. The molecule has 1 aromatic rings. The summed E-state index contributed by atoms with van der Waals surface area (Å²) < 4.78 is 0. The van der Waals surface area contributed by atoms with Crippen molar-refractivity contribution in [1.29, 1.82) is 0 Å². The second-order valence-corrected chi connectivity index (χ2v) is 6.13. The third-order valence-corrected chi connectivity index (χ3v) is 4.30. The van der Waals surface area contributed by atoms with E-state index in [0.29, 0.717) is 6.04 Å². The molecule has 1 nitrogen and oxygen atoms in total. The molecule has 0 heterocycles. The minimum absolute atomic E-state index is 0.709. The van der Waals surface area contributed by atoms with Gasteiger partial charge in [-0.1, -0.05) is 62.6 Å². The second-order valence-electron chi connectivity index (χ2n) is 6.13. The average Bonchev–Trinajstić information content (AvgIpc) is 2.49. The summed E-state index contributed by atoms with van der Waals surface area (Å²) in [6.07, 6.45) is 13.1. The standard InChI is InChI=1S/C19H29N/c1-17(20-19-15-9-4-10-16-19)11-5-2-6-12-18-13-7-3-8-14-18/h3,7-8,13-14,19-20H,1-2,4-6,9-12,15-16H2. The van der Waals surface area contributed by atoms with Gasteiger partial charge in [0, 0.05) is 11.7 Å². The summed E-state index contributed by atoms with van der Waals surface area (Å²) in [6, 6.07) is 11.5. The van der Waals surface area contributed by atoms with Crippen molar-refractivity contribution >= 4 is 0 Å². The SMILES string of the molecule is C=C(CCCCCc1ccccc1)NC1CCCCC1. The fourth-order valence-corrected chi connectivity index (χ4v) is 3.10. The van der Waals surface area contributed by atoms with Gasteiger partial charge in [0.25, 0.3) is 0 Å². The fraction of sp³-hybridized carbons (Fsp3) is 0.579. The van der Waals surface area contributed by atoms with Crippen molar-refractivity contribution in [3.8, 4) is 0 Å². The smallest absolute Gasteiger partial charge is 0.0258 e. The van der Waals surface area contributed by atoms with E-state index >= 15 is 0 Å². The van der Waals surface area contributed by atoms with Gasteiger partial charge in [-0.2, -0.15) is 0 Å². The summed E-state index contributed by atoms with van der Waals surface area (Å²) in [5.41, 5.74) is 2.73. The zero-order chi connectivity index (χ0) is 14.0. The van der Waals surface area contributed by atoms with E-state index in [4.69, 9.17) is 0 Å². The van der Waals surface area contributed by atoms with Gasteiger partial charge in [-0.3, -0.25) is 0 Å². The highest BCUT2D eigenvalue weighted by Crippen LogP contribution is 2.19. The van der Waals surface area contributed by atoms with Crippen LogP contribution in [0.3, 0.4) is 0 Å². The maximum absolute atomic E-state index is 4.19. The molecule has 110 valence electrons. The Bertz CT molecular complexity index is 376. The molecule has 0 amide bonds. The topological polar surface area (TPSA) is 12.0 Å². The molecule has 0 unspecified atom stereocenters. The highest BCUT2D eigenvalue weighted by atomic mass is 14.9. The number of allylic oxidation sites excluding steroid dienone is 1. The van der Waals surface area contributed by atoms with Crippen LogP contribution in [0.5, 0.6) is 0 Å². The van der Waals surface area contributed by atoms with Gasteiger partial charge < -0.3 is 5.32 Å². The van der Waals surface area contributed by atoms with Gasteiger partial charge in [0.15, 0.2) is 0 Å². The van der Waals surface area contributed by atoms with E-state index in [1.165, 1.54) is 69.0 Å². The predicted molar refractivity (Wildman–Crippen MR) is 87.8 cm³/mol. The Hall–Kier alpha value is -1.24. The van der Waals surface area contributed by atoms with Crippen LogP contribution in [-0.2, 0) is 6.42 Å². The molecular weight excluding hydrogens is 242 g/mol. The number of hydrogen-bond donors (Lipinski definition) is 1. The normalized spacial score (nSPS) is 16.0. The van der Waals surface area contributed by atoms with E-state index in [9.17, 15) is 0 Å². The third-order valence-electron chi connectivity index (χ3n) is 4.30. The molecule has 1 aliphatic carbocycles. The van der Waals surface area contributed by atoms with Gasteiger partial charge in [0.05, 0.1) is 0 Å². The molecule has 1 aromatic carbocycles. The van der Waals surface area contributed by atoms with Crippen molar-refractivity contribution in [2.45, 2.75) is 70.3 Å². The van der Waals surface area contributed by atoms with Crippen molar-refractivity contribution < 1.29 is 0 Å². The Morgan fingerprint density at radius 2 is 1.75 bits per heavy atom. The van der Waals surface area contributed by atoms with Crippen LogP contribution in [0.2, 0.25) is 0 Å². The molecule has 20 heavy (non-hydrogen) atoms. The van der Waals surface area contributed by atoms with Crippen LogP contribution < -0.4 is 5.32 Å². The van der Waals surface area contributed by atoms with Crippen LogP contribution in [-0.4, -0.2) is 6.04 Å². The molecule has 0 bridgehead atoms. The quantitative estimate of drug-likeness (QED) is 0.639. The van der Waals surface area contributed by atoms with E-state index in [0.717, 1.165) is 6.42 Å². The van der Waals surface area contributed by atoms with Crippen molar-refractivity contribution in [2.24, 2.45) is 0 Å². The monoisotopic (exact) mass is 271 g/mol. The van der Waals surface area contributed by atoms with Gasteiger partial charge in [0.2, 0.25) is 0 Å². The first-order valence-corrected chi connectivity index (χ1v) is 8.33. The molecule has 0 saturated heterocycles. The highest BCUT2D eigenvalue weighted by Gasteiger charge is 2.12. The van der Waals surface area contributed by atoms with Crippen LogP contribution in [0.25, 0.3) is 0 Å². The molecule has 1 N–H and O–H groups in total. The molecule has 0 aromatic heterocycles. The first-order chi connectivity index (χ1) is 9.84. The van der Waals surface area contributed by atoms with Crippen LogP contribution in [0.1, 0.15) is 63.4 Å². The van der Waals surface area contributed by atoms with E-state index < -0.39 is 0 Å². The number of benzene rings is 1. The minimum Gasteiger partial charge on any atom is -0.386 e. The lowest BCUT2D eigenvalue weighted by molar-refractivity contribution is 0.392. The summed E-state index contributed by atoms with van der Waals surface area (Å²) in [4.78, 5) is 0. The van der Waals surface area contributed by atoms with E-state index in [1.807, 2.05) is 0 Å².